The summed E-state index contributed by atoms with van der Waals surface area (Å²) in [4.78, 5) is 15.3. The molecule has 2 aromatic carbocycles. The van der Waals surface area contributed by atoms with E-state index in [0.29, 0.717) is 35.7 Å². The Kier molecular flexibility index (Phi) is 4.86. The Bertz CT molecular complexity index is 1260. The molecule has 4 rings (SSSR count). The summed E-state index contributed by atoms with van der Waals surface area (Å²) < 4.78 is 24.7. The molecule has 0 amide bonds. The number of fused-ring (bicyclic) bond motifs is 1. The maximum atomic E-state index is 12.8. The van der Waals surface area contributed by atoms with Crippen LogP contribution in [-0.4, -0.2) is 35.9 Å². The van der Waals surface area contributed by atoms with Crippen LogP contribution < -0.4 is 5.56 Å². The van der Waals surface area contributed by atoms with Crippen molar-refractivity contribution in [3.05, 3.63) is 81.3 Å². The first-order chi connectivity index (χ1) is 13.8. The predicted octanol–water partition coefficient (Wildman–Crippen LogP) is 2.00. The molecule has 0 radical (unpaired) electrons. The highest BCUT2D eigenvalue weighted by atomic mass is 32.2. The van der Waals surface area contributed by atoms with Gasteiger partial charge in [-0.15, -0.1) is 0 Å². The smallest absolute Gasteiger partial charge is 0.274 e. The molecule has 1 aliphatic rings. The number of nitrogens with one attached hydrogen (secondary N) is 1. The second-order valence-electron chi connectivity index (χ2n) is 7.25. The zero-order valence-corrected chi connectivity index (χ0v) is 16.7. The first-order valence-corrected chi connectivity index (χ1v) is 11.1. The van der Waals surface area contributed by atoms with Gasteiger partial charge in [0.25, 0.3) is 5.56 Å². The van der Waals surface area contributed by atoms with Gasteiger partial charge in [0, 0.05) is 31.5 Å². The summed E-state index contributed by atoms with van der Waals surface area (Å²) in [5.74, 6) is 0. The number of sulfone groups is 1. The third-order valence-electron chi connectivity index (χ3n) is 5.12. The van der Waals surface area contributed by atoms with Gasteiger partial charge < -0.3 is 0 Å². The molecule has 7 nitrogen and oxygen atoms in total. The lowest BCUT2D eigenvalue weighted by Gasteiger charge is -2.26. The lowest BCUT2D eigenvalue weighted by atomic mass is 10.1. The van der Waals surface area contributed by atoms with Crippen LogP contribution in [0.5, 0.6) is 0 Å². The van der Waals surface area contributed by atoms with Crippen LogP contribution in [0.2, 0.25) is 0 Å². The van der Waals surface area contributed by atoms with E-state index in [9.17, 15) is 13.2 Å². The van der Waals surface area contributed by atoms with Gasteiger partial charge in [0.2, 0.25) is 0 Å². The van der Waals surface area contributed by atoms with Gasteiger partial charge in [-0.25, -0.2) is 13.1 Å². The van der Waals surface area contributed by atoms with E-state index in [0.717, 1.165) is 23.4 Å². The maximum Gasteiger partial charge on any atom is 0.274 e. The lowest BCUT2D eigenvalue weighted by Crippen LogP contribution is -2.31. The first kappa shape index (κ1) is 19.2. The topological polar surface area (TPSA) is 99.0 Å². The largest absolute Gasteiger partial charge is 0.293 e. The molecular formula is C21H20N4O3S. The molecule has 1 aliphatic heterocycles. The molecule has 3 aromatic rings. The number of nitriles is 1. The lowest BCUT2D eigenvalue weighted by molar-refractivity contribution is 0.242. The summed E-state index contributed by atoms with van der Waals surface area (Å²) in [6.45, 7) is 2.01. The number of benzene rings is 2. The van der Waals surface area contributed by atoms with Gasteiger partial charge in [0.15, 0.2) is 9.84 Å². The molecule has 29 heavy (non-hydrogen) atoms. The fourth-order valence-corrected chi connectivity index (χ4v) is 4.24. The van der Waals surface area contributed by atoms with Crippen LogP contribution in [0.15, 0.2) is 58.2 Å². The standard InChI is InChI=1S/C21H20N4O3S/c1-29(27,28)18-7-5-15(6-8-18)13-24-10-9-19-20(14-24)23-25(21(19)26)17-4-2-3-16(11-17)12-22/h2-8,11,23H,9-10,13-14H2,1H3. The number of aromatic nitrogens is 2. The molecule has 0 bridgehead atoms. The summed E-state index contributed by atoms with van der Waals surface area (Å²) >= 11 is 0. The van der Waals surface area contributed by atoms with E-state index in [4.69, 9.17) is 5.26 Å². The second-order valence-corrected chi connectivity index (χ2v) is 9.26. The summed E-state index contributed by atoms with van der Waals surface area (Å²) in [6.07, 6.45) is 1.83. The fraction of sp³-hybridized carbons (Fsp3) is 0.238. The van der Waals surface area contributed by atoms with Crippen LogP contribution in [0, 0.1) is 11.3 Å². The van der Waals surface area contributed by atoms with Crippen LogP contribution in [0.25, 0.3) is 5.69 Å². The second kappa shape index (κ2) is 7.35. The first-order valence-electron chi connectivity index (χ1n) is 9.20. The molecule has 8 heteroatoms. The van der Waals surface area contributed by atoms with Gasteiger partial charge in [-0.05, 0) is 42.3 Å². The van der Waals surface area contributed by atoms with Gasteiger partial charge >= 0.3 is 0 Å². The van der Waals surface area contributed by atoms with E-state index in [1.807, 2.05) is 12.1 Å². The monoisotopic (exact) mass is 408 g/mol. The highest BCUT2D eigenvalue weighted by molar-refractivity contribution is 7.90. The fourth-order valence-electron chi connectivity index (χ4n) is 3.61. The van der Waals surface area contributed by atoms with Crippen molar-refractivity contribution < 1.29 is 8.42 Å². The minimum atomic E-state index is -3.20. The number of H-pyrrole nitrogens is 1. The van der Waals surface area contributed by atoms with E-state index in [1.165, 1.54) is 10.9 Å². The summed E-state index contributed by atoms with van der Waals surface area (Å²) in [7, 11) is -3.20. The van der Waals surface area contributed by atoms with Crippen molar-refractivity contribution in [2.24, 2.45) is 0 Å². The number of nitrogens with zero attached hydrogens (tertiary/aromatic N) is 3. The Labute approximate surface area is 168 Å². The normalized spacial score (nSPS) is 14.3. The molecule has 0 spiro atoms. The predicted molar refractivity (Wildman–Crippen MR) is 108 cm³/mol. The highest BCUT2D eigenvalue weighted by Crippen LogP contribution is 2.19. The number of rotatable bonds is 4. The molecular weight excluding hydrogens is 388 g/mol. The van der Waals surface area contributed by atoms with Crippen molar-refractivity contribution in [3.63, 3.8) is 0 Å². The molecule has 0 fully saturated rings. The summed E-state index contributed by atoms with van der Waals surface area (Å²) in [6, 6.07) is 15.9. The summed E-state index contributed by atoms with van der Waals surface area (Å²) in [5, 5.41) is 12.3. The number of hydrogen-bond acceptors (Lipinski definition) is 5. The SMILES string of the molecule is CS(=O)(=O)c1ccc(CN2CCc3c([nH]n(-c4cccc(C#N)c4)c3=O)C2)cc1. The third kappa shape index (κ3) is 3.88. The molecule has 0 saturated carbocycles. The van der Waals surface area contributed by atoms with Crippen molar-refractivity contribution in [2.45, 2.75) is 24.4 Å². The Balaban J connectivity index is 1.55. The molecule has 0 saturated heterocycles. The molecule has 1 aromatic heterocycles. The van der Waals surface area contributed by atoms with Gasteiger partial charge in [0.1, 0.15) is 0 Å². The molecule has 2 heterocycles. The molecule has 0 atom stereocenters. The van der Waals surface area contributed by atoms with E-state index in [-0.39, 0.29) is 5.56 Å². The Morgan fingerprint density at radius 1 is 1.17 bits per heavy atom. The summed E-state index contributed by atoms with van der Waals surface area (Å²) in [5.41, 5.74) is 3.73. The molecule has 0 unspecified atom stereocenters. The molecule has 1 N–H and O–H groups in total. The van der Waals surface area contributed by atoms with Crippen molar-refractivity contribution in [3.8, 4) is 11.8 Å². The van der Waals surface area contributed by atoms with Crippen molar-refractivity contribution >= 4 is 9.84 Å². The van der Waals surface area contributed by atoms with Crippen LogP contribution in [0.1, 0.15) is 22.4 Å². The van der Waals surface area contributed by atoms with Crippen molar-refractivity contribution in [2.75, 3.05) is 12.8 Å². The zero-order valence-electron chi connectivity index (χ0n) is 15.9. The van der Waals surface area contributed by atoms with E-state index in [2.05, 4.69) is 16.1 Å². The van der Waals surface area contributed by atoms with E-state index in [1.54, 1.807) is 36.4 Å². The average molecular weight is 408 g/mol. The zero-order chi connectivity index (χ0) is 20.6. The Morgan fingerprint density at radius 2 is 1.93 bits per heavy atom. The van der Waals surface area contributed by atoms with Crippen LogP contribution >= 0.6 is 0 Å². The Hall–Kier alpha value is -3.15. The van der Waals surface area contributed by atoms with Crippen LogP contribution in [0.3, 0.4) is 0 Å². The molecule has 148 valence electrons. The van der Waals surface area contributed by atoms with E-state index < -0.39 is 9.84 Å². The minimum Gasteiger partial charge on any atom is -0.293 e. The van der Waals surface area contributed by atoms with Gasteiger partial charge in [0.05, 0.1) is 27.9 Å². The third-order valence-corrected chi connectivity index (χ3v) is 6.25. The quantitative estimate of drug-likeness (QED) is 0.712. The van der Waals surface area contributed by atoms with Crippen molar-refractivity contribution in [1.29, 1.82) is 5.26 Å². The van der Waals surface area contributed by atoms with Crippen molar-refractivity contribution in [1.82, 2.24) is 14.7 Å². The average Bonchev–Trinajstić information content (AvgIpc) is 3.04. The molecule has 0 aliphatic carbocycles. The van der Waals surface area contributed by atoms with Gasteiger partial charge in [-0.2, -0.15) is 5.26 Å². The highest BCUT2D eigenvalue weighted by Gasteiger charge is 2.23. The maximum absolute atomic E-state index is 12.8. The van der Waals surface area contributed by atoms with Crippen LogP contribution in [-0.2, 0) is 29.3 Å². The number of hydrogen-bond donors (Lipinski definition) is 1. The van der Waals surface area contributed by atoms with E-state index >= 15 is 0 Å². The number of aromatic amines is 1. The van der Waals surface area contributed by atoms with Gasteiger partial charge in [-0.3, -0.25) is 14.8 Å². The minimum absolute atomic E-state index is 0.0766. The van der Waals surface area contributed by atoms with Gasteiger partial charge in [-0.1, -0.05) is 18.2 Å². The Morgan fingerprint density at radius 3 is 2.62 bits per heavy atom. The van der Waals surface area contributed by atoms with Crippen LogP contribution in [0.4, 0.5) is 0 Å².